The molecule has 1 aromatic carbocycles. The van der Waals surface area contributed by atoms with E-state index in [1.807, 2.05) is 24.7 Å². The molecule has 3 heterocycles. The van der Waals surface area contributed by atoms with Crippen LogP contribution in [0.1, 0.15) is 81.9 Å². The Morgan fingerprint density at radius 2 is 1.85 bits per heavy atom. The molecule has 0 spiro atoms. The number of aromatic carboxylic acids is 1. The number of rotatable bonds is 7. The molecule has 8 heteroatoms. The first-order valence-corrected chi connectivity index (χ1v) is 12.0. The lowest BCUT2D eigenvalue weighted by molar-refractivity contribution is 0.0696. The molecule has 0 amide bonds. The minimum absolute atomic E-state index is 0.00160. The highest BCUT2D eigenvalue weighted by Crippen LogP contribution is 2.30. The highest BCUT2D eigenvalue weighted by molar-refractivity contribution is 7.11. The maximum atomic E-state index is 12.9. The van der Waals surface area contributed by atoms with Crippen molar-refractivity contribution in [3.8, 4) is 0 Å². The average Bonchev–Trinajstić information content (AvgIpc) is 3.39. The standard InChI is InChI=1S/C26H28N4O3S/c1-15(6-22(31)19-11-21-20(12-27-19)29-14-30(21)5)23-13-28-24(34-23)9-16-7-17(25(32)33)10-18(8-16)26(2,3)4/h7-8,10-15H,6,9H2,1-5H3,(H,32,33). The normalized spacial score (nSPS) is 12.7. The van der Waals surface area contributed by atoms with Gasteiger partial charge in [-0.2, -0.15) is 0 Å². The summed E-state index contributed by atoms with van der Waals surface area (Å²) in [6, 6.07) is 7.30. The molecule has 176 valence electrons. The van der Waals surface area contributed by atoms with Gasteiger partial charge in [-0.25, -0.2) is 14.8 Å². The van der Waals surface area contributed by atoms with Crippen LogP contribution in [-0.4, -0.2) is 36.4 Å². The van der Waals surface area contributed by atoms with Crippen LogP contribution < -0.4 is 0 Å². The summed E-state index contributed by atoms with van der Waals surface area (Å²) in [7, 11) is 1.89. The van der Waals surface area contributed by atoms with Gasteiger partial charge in [-0.3, -0.25) is 9.78 Å². The number of benzene rings is 1. The number of Topliss-reactive ketones (excluding diaryl/α,β-unsaturated/α-hetero) is 1. The molecular weight excluding hydrogens is 448 g/mol. The van der Waals surface area contributed by atoms with Crippen molar-refractivity contribution < 1.29 is 14.7 Å². The summed E-state index contributed by atoms with van der Waals surface area (Å²) in [5.74, 6) is -0.954. The van der Waals surface area contributed by atoms with E-state index in [1.165, 1.54) is 0 Å². The van der Waals surface area contributed by atoms with Crippen LogP contribution in [0.5, 0.6) is 0 Å². The van der Waals surface area contributed by atoms with E-state index < -0.39 is 5.97 Å². The van der Waals surface area contributed by atoms with Gasteiger partial charge < -0.3 is 9.67 Å². The van der Waals surface area contributed by atoms with Gasteiger partial charge in [0.25, 0.3) is 0 Å². The van der Waals surface area contributed by atoms with Gasteiger partial charge in [-0.05, 0) is 40.7 Å². The van der Waals surface area contributed by atoms with E-state index >= 15 is 0 Å². The Morgan fingerprint density at radius 1 is 1.09 bits per heavy atom. The van der Waals surface area contributed by atoms with E-state index in [0.29, 0.717) is 18.5 Å². The molecular formula is C26H28N4O3S. The zero-order chi connectivity index (χ0) is 24.6. The third-order valence-electron chi connectivity index (χ3n) is 5.91. The lowest BCUT2D eigenvalue weighted by Gasteiger charge is -2.20. The number of aryl methyl sites for hydroxylation is 1. The predicted molar refractivity (Wildman–Crippen MR) is 133 cm³/mol. The molecule has 4 rings (SSSR count). The topological polar surface area (TPSA) is 98.0 Å². The number of carbonyl (C=O) groups is 2. The van der Waals surface area contributed by atoms with Crippen molar-refractivity contribution in [2.24, 2.45) is 7.05 Å². The summed E-state index contributed by atoms with van der Waals surface area (Å²) in [4.78, 5) is 38.6. The highest BCUT2D eigenvalue weighted by Gasteiger charge is 2.20. The lowest BCUT2D eigenvalue weighted by Crippen LogP contribution is -2.13. The number of ketones is 1. The summed E-state index contributed by atoms with van der Waals surface area (Å²) < 4.78 is 1.87. The smallest absolute Gasteiger partial charge is 0.335 e. The number of imidazole rings is 1. The Hall–Kier alpha value is -3.39. The Bertz CT molecular complexity index is 1380. The van der Waals surface area contributed by atoms with Crippen LogP contribution in [-0.2, 0) is 18.9 Å². The molecule has 0 radical (unpaired) electrons. The fraction of sp³-hybridized carbons (Fsp3) is 0.346. The maximum absolute atomic E-state index is 12.9. The second-order valence-electron chi connectivity index (χ2n) is 9.75. The summed E-state index contributed by atoms with van der Waals surface area (Å²) in [6.45, 7) is 8.22. The van der Waals surface area contributed by atoms with E-state index in [1.54, 1.807) is 42.1 Å². The number of fused-ring (bicyclic) bond motifs is 1. The molecule has 3 aromatic heterocycles. The van der Waals surface area contributed by atoms with Crippen LogP contribution in [0.4, 0.5) is 0 Å². The van der Waals surface area contributed by atoms with Crippen molar-refractivity contribution in [2.45, 2.75) is 51.9 Å². The van der Waals surface area contributed by atoms with Crippen molar-refractivity contribution in [1.29, 1.82) is 0 Å². The zero-order valence-corrected chi connectivity index (χ0v) is 20.8. The number of nitrogens with zero attached hydrogens (tertiary/aromatic N) is 4. The first kappa shape index (κ1) is 23.8. The Kier molecular flexibility index (Phi) is 6.36. The SMILES string of the molecule is CC(CC(=O)c1cc2c(cn1)ncn2C)c1cnc(Cc2cc(C(=O)O)cc(C(C)(C)C)c2)s1. The Morgan fingerprint density at radius 3 is 2.56 bits per heavy atom. The number of carboxylic acid groups (broad SMARTS) is 1. The van der Waals surface area contributed by atoms with Crippen LogP contribution in [0.2, 0.25) is 0 Å². The molecule has 0 aliphatic carbocycles. The van der Waals surface area contributed by atoms with Gasteiger partial charge in [0.05, 0.1) is 28.6 Å². The van der Waals surface area contributed by atoms with E-state index in [2.05, 4.69) is 41.8 Å². The van der Waals surface area contributed by atoms with Crippen molar-refractivity contribution in [1.82, 2.24) is 19.5 Å². The fourth-order valence-corrected chi connectivity index (χ4v) is 4.83. The van der Waals surface area contributed by atoms with E-state index in [4.69, 9.17) is 0 Å². The number of pyridine rings is 1. The first-order valence-electron chi connectivity index (χ1n) is 11.1. The second-order valence-corrected chi connectivity index (χ2v) is 10.9. The number of hydrogen-bond donors (Lipinski definition) is 1. The summed E-state index contributed by atoms with van der Waals surface area (Å²) in [5.41, 5.74) is 4.11. The van der Waals surface area contributed by atoms with Crippen LogP contribution in [0.25, 0.3) is 11.0 Å². The molecule has 1 N–H and O–H groups in total. The predicted octanol–water partition coefficient (Wildman–Crippen LogP) is 5.39. The van der Waals surface area contributed by atoms with E-state index in [9.17, 15) is 14.7 Å². The Balaban J connectivity index is 1.49. The first-order chi connectivity index (χ1) is 16.0. The largest absolute Gasteiger partial charge is 0.478 e. The minimum Gasteiger partial charge on any atom is -0.478 e. The van der Waals surface area contributed by atoms with Gasteiger partial charge in [-0.15, -0.1) is 11.3 Å². The van der Waals surface area contributed by atoms with Gasteiger partial charge in [0.15, 0.2) is 5.78 Å². The number of carboxylic acids is 1. The molecule has 4 aromatic rings. The molecule has 0 aliphatic heterocycles. The van der Waals surface area contributed by atoms with Crippen molar-refractivity contribution >= 4 is 34.1 Å². The van der Waals surface area contributed by atoms with Crippen LogP contribution in [0, 0.1) is 0 Å². The molecule has 7 nitrogen and oxygen atoms in total. The summed E-state index contributed by atoms with van der Waals surface area (Å²) in [6.07, 6.45) is 6.05. The lowest BCUT2D eigenvalue weighted by atomic mass is 9.84. The van der Waals surface area contributed by atoms with Gasteiger partial charge in [0.2, 0.25) is 0 Å². The van der Waals surface area contributed by atoms with Crippen molar-refractivity contribution in [3.63, 3.8) is 0 Å². The Labute approximate surface area is 202 Å². The molecule has 0 bridgehead atoms. The molecule has 0 saturated carbocycles. The molecule has 0 fully saturated rings. The third kappa shape index (κ3) is 5.07. The van der Waals surface area contributed by atoms with Gasteiger partial charge in [0, 0.05) is 31.0 Å². The molecule has 34 heavy (non-hydrogen) atoms. The van der Waals surface area contributed by atoms with Gasteiger partial charge in [0.1, 0.15) is 11.2 Å². The number of carbonyl (C=O) groups excluding carboxylic acids is 1. The quantitative estimate of drug-likeness (QED) is 0.359. The average molecular weight is 477 g/mol. The number of hydrogen-bond acceptors (Lipinski definition) is 6. The van der Waals surface area contributed by atoms with Gasteiger partial charge >= 0.3 is 5.97 Å². The van der Waals surface area contributed by atoms with Crippen molar-refractivity contribution in [2.75, 3.05) is 0 Å². The van der Waals surface area contributed by atoms with E-state index in [-0.39, 0.29) is 22.7 Å². The van der Waals surface area contributed by atoms with Crippen LogP contribution in [0.15, 0.2) is 43.0 Å². The van der Waals surface area contributed by atoms with Crippen LogP contribution >= 0.6 is 11.3 Å². The fourth-order valence-electron chi connectivity index (χ4n) is 3.83. The summed E-state index contributed by atoms with van der Waals surface area (Å²) in [5, 5.41) is 10.4. The van der Waals surface area contributed by atoms with Crippen LogP contribution in [0.3, 0.4) is 0 Å². The number of thiazole rings is 1. The molecule has 0 saturated heterocycles. The highest BCUT2D eigenvalue weighted by atomic mass is 32.1. The number of aromatic nitrogens is 4. The van der Waals surface area contributed by atoms with Crippen molar-refractivity contribution in [3.05, 3.63) is 75.3 Å². The summed E-state index contributed by atoms with van der Waals surface area (Å²) >= 11 is 1.56. The monoisotopic (exact) mass is 476 g/mol. The molecule has 1 atom stereocenters. The third-order valence-corrected chi connectivity index (χ3v) is 7.14. The molecule has 1 unspecified atom stereocenters. The molecule has 0 aliphatic rings. The second kappa shape index (κ2) is 9.10. The van der Waals surface area contributed by atoms with Gasteiger partial charge in [-0.1, -0.05) is 33.8 Å². The van der Waals surface area contributed by atoms with E-state index in [0.717, 1.165) is 32.0 Å². The zero-order valence-electron chi connectivity index (χ0n) is 20.0. The maximum Gasteiger partial charge on any atom is 0.335 e. The minimum atomic E-state index is -0.933.